The number of phenolic OH excluding ortho intramolecular Hbond substituents is 2. The largest absolute Gasteiger partial charge is 0.507 e. The number of aromatic hydroxyl groups is 2. The van der Waals surface area contributed by atoms with Gasteiger partial charge in [0.1, 0.15) is 33.6 Å². The van der Waals surface area contributed by atoms with Crippen molar-refractivity contribution < 1.29 is 28.4 Å². The molecule has 0 aromatic heterocycles. The molecule has 0 radical (unpaired) electrons. The van der Waals surface area contributed by atoms with Gasteiger partial charge >= 0.3 is 14.7 Å². The molecule has 2 atom stereocenters. The number of fused-ring (bicyclic) bond motifs is 6. The van der Waals surface area contributed by atoms with Crippen molar-refractivity contribution in [1.29, 1.82) is 0 Å². The van der Waals surface area contributed by atoms with E-state index in [2.05, 4.69) is 0 Å². The molecule has 0 aliphatic carbocycles. The third kappa shape index (κ3) is 3.08. The molecule has 186 valence electrons. The van der Waals surface area contributed by atoms with E-state index in [1.165, 1.54) is 12.1 Å². The minimum absolute atomic E-state index is 0.239. The molecule has 8 heteroatoms. The normalized spacial score (nSPS) is 20.6. The molecule has 38 heavy (non-hydrogen) atoms. The number of rotatable bonds is 2. The van der Waals surface area contributed by atoms with Crippen LogP contribution in [0.4, 0.5) is 0 Å². The SMILES string of the molecule is O=P1(c2c(O)ccc(O)c2P2(=O)Oc3ccccc3-c3ccccc32)Oc2ccccc2-c2ccccc21. The van der Waals surface area contributed by atoms with Gasteiger partial charge in [-0.1, -0.05) is 72.8 Å². The third-order valence-electron chi connectivity index (χ3n) is 6.95. The lowest BCUT2D eigenvalue weighted by Crippen LogP contribution is -2.38. The van der Waals surface area contributed by atoms with E-state index in [0.29, 0.717) is 33.2 Å². The fourth-order valence-corrected chi connectivity index (χ4v) is 11.0. The zero-order valence-corrected chi connectivity index (χ0v) is 21.6. The molecule has 0 amide bonds. The highest BCUT2D eigenvalue weighted by molar-refractivity contribution is 7.81. The Bertz CT molecular complexity index is 1740. The molecular formula is C30H20O6P2. The van der Waals surface area contributed by atoms with Crippen LogP contribution in [-0.2, 0) is 9.13 Å². The lowest BCUT2D eigenvalue weighted by molar-refractivity contribution is 0.458. The van der Waals surface area contributed by atoms with Crippen LogP contribution in [0, 0.1) is 0 Å². The van der Waals surface area contributed by atoms with Gasteiger partial charge in [-0.3, -0.25) is 9.13 Å². The Hall–Kier alpha value is -4.24. The summed E-state index contributed by atoms with van der Waals surface area (Å²) in [7, 11) is -8.32. The first-order chi connectivity index (χ1) is 18.4. The maximum absolute atomic E-state index is 15.1. The highest BCUT2D eigenvalue weighted by Gasteiger charge is 2.49. The molecule has 2 heterocycles. The first-order valence-corrected chi connectivity index (χ1v) is 15.2. The van der Waals surface area contributed by atoms with Gasteiger partial charge in [0, 0.05) is 11.1 Å². The van der Waals surface area contributed by atoms with Crippen LogP contribution >= 0.6 is 14.7 Å². The van der Waals surface area contributed by atoms with Gasteiger partial charge in [-0.25, -0.2) is 0 Å². The molecule has 2 N–H and O–H groups in total. The molecule has 5 aromatic carbocycles. The van der Waals surface area contributed by atoms with Crippen molar-refractivity contribution in [1.82, 2.24) is 0 Å². The van der Waals surface area contributed by atoms with Gasteiger partial charge in [0.2, 0.25) is 0 Å². The van der Waals surface area contributed by atoms with Crippen LogP contribution < -0.4 is 30.3 Å². The summed E-state index contributed by atoms with van der Waals surface area (Å²) >= 11 is 0. The van der Waals surface area contributed by atoms with E-state index in [4.69, 9.17) is 9.05 Å². The Morgan fingerprint density at radius 2 is 0.789 bits per heavy atom. The van der Waals surface area contributed by atoms with Crippen LogP contribution in [0.1, 0.15) is 0 Å². The number of phenols is 2. The molecule has 2 aliphatic rings. The predicted octanol–water partition coefficient (Wildman–Crippen LogP) is 5.67. The molecule has 7 rings (SSSR count). The summed E-state index contributed by atoms with van der Waals surface area (Å²) in [6.07, 6.45) is 0. The standard InChI is InChI=1S/C30H20O6P2/c31-23-17-18-24(32)30(38(34)28-16-8-4-12-22(28)20-10-2-6-14-26(20)36-38)29(23)37(33)27-15-7-3-11-21(27)19-9-1-5-13-25(19)35-37/h1-18,31-32H. The van der Waals surface area contributed by atoms with Crippen molar-refractivity contribution in [2.24, 2.45) is 0 Å². The molecule has 2 unspecified atom stereocenters. The third-order valence-corrected chi connectivity index (χ3v) is 12.2. The van der Waals surface area contributed by atoms with E-state index in [-0.39, 0.29) is 10.6 Å². The van der Waals surface area contributed by atoms with Gasteiger partial charge in [-0.15, -0.1) is 0 Å². The predicted molar refractivity (Wildman–Crippen MR) is 149 cm³/mol. The number of hydrogen-bond acceptors (Lipinski definition) is 6. The lowest BCUT2D eigenvalue weighted by Gasteiger charge is -2.34. The molecular weight excluding hydrogens is 518 g/mol. The van der Waals surface area contributed by atoms with Crippen LogP contribution in [0.2, 0.25) is 0 Å². The Morgan fingerprint density at radius 1 is 0.447 bits per heavy atom. The van der Waals surface area contributed by atoms with Gasteiger partial charge in [-0.2, -0.15) is 0 Å². The molecule has 2 aliphatic heterocycles. The summed E-state index contributed by atoms with van der Waals surface area (Å²) in [6, 6.07) is 30.9. The zero-order chi connectivity index (χ0) is 26.1. The highest BCUT2D eigenvalue weighted by Crippen LogP contribution is 2.60. The maximum Gasteiger partial charge on any atom is 0.312 e. The van der Waals surface area contributed by atoms with Crippen LogP contribution in [0.15, 0.2) is 109 Å². The van der Waals surface area contributed by atoms with Crippen molar-refractivity contribution in [3.8, 4) is 45.3 Å². The van der Waals surface area contributed by atoms with Crippen molar-refractivity contribution in [2.45, 2.75) is 0 Å². The second-order valence-electron chi connectivity index (χ2n) is 9.11. The van der Waals surface area contributed by atoms with E-state index in [1.807, 2.05) is 48.5 Å². The monoisotopic (exact) mass is 538 g/mol. The Morgan fingerprint density at radius 3 is 1.21 bits per heavy atom. The average Bonchev–Trinajstić information content (AvgIpc) is 2.94. The summed E-state index contributed by atoms with van der Waals surface area (Å²) in [4.78, 5) is 0. The molecule has 0 fully saturated rings. The Kier molecular flexibility index (Phi) is 4.90. The summed E-state index contributed by atoms with van der Waals surface area (Å²) in [5, 5.41) is 22.7. The minimum Gasteiger partial charge on any atom is -0.507 e. The average molecular weight is 538 g/mol. The van der Waals surface area contributed by atoms with Crippen molar-refractivity contribution in [2.75, 3.05) is 0 Å². The van der Waals surface area contributed by atoms with Gasteiger partial charge in [0.05, 0.1) is 10.6 Å². The van der Waals surface area contributed by atoms with E-state index in [1.54, 1.807) is 48.5 Å². The van der Waals surface area contributed by atoms with E-state index < -0.39 is 26.2 Å². The van der Waals surface area contributed by atoms with Gasteiger partial charge < -0.3 is 19.3 Å². The number of benzene rings is 5. The maximum atomic E-state index is 15.1. The molecule has 0 spiro atoms. The van der Waals surface area contributed by atoms with Crippen LogP contribution in [-0.4, -0.2) is 10.2 Å². The van der Waals surface area contributed by atoms with E-state index in [9.17, 15) is 10.2 Å². The van der Waals surface area contributed by atoms with Crippen LogP contribution in [0.3, 0.4) is 0 Å². The molecule has 0 bridgehead atoms. The quantitative estimate of drug-likeness (QED) is 0.222. The van der Waals surface area contributed by atoms with Crippen molar-refractivity contribution in [3.63, 3.8) is 0 Å². The van der Waals surface area contributed by atoms with E-state index in [0.717, 1.165) is 11.1 Å². The summed E-state index contributed by atoms with van der Waals surface area (Å²) in [6.45, 7) is 0. The molecule has 0 saturated carbocycles. The van der Waals surface area contributed by atoms with Gasteiger partial charge in [-0.05, 0) is 47.5 Å². The van der Waals surface area contributed by atoms with Crippen molar-refractivity contribution >= 4 is 36.0 Å². The Labute approximate surface area is 218 Å². The second kappa shape index (κ2) is 8.13. The first kappa shape index (κ1) is 22.9. The molecule has 0 saturated heterocycles. The molecule has 6 nitrogen and oxygen atoms in total. The smallest absolute Gasteiger partial charge is 0.312 e. The lowest BCUT2D eigenvalue weighted by atomic mass is 10.0. The van der Waals surface area contributed by atoms with Gasteiger partial charge in [0.25, 0.3) is 0 Å². The molecule has 5 aromatic rings. The summed E-state index contributed by atoms with van der Waals surface area (Å²) < 4.78 is 42.6. The zero-order valence-electron chi connectivity index (χ0n) is 19.8. The van der Waals surface area contributed by atoms with Crippen LogP contribution in [0.5, 0.6) is 23.0 Å². The second-order valence-corrected chi connectivity index (χ2v) is 13.5. The minimum atomic E-state index is -4.16. The fourth-order valence-electron chi connectivity index (χ4n) is 5.30. The highest BCUT2D eigenvalue weighted by atomic mass is 31.2. The topological polar surface area (TPSA) is 93.1 Å². The van der Waals surface area contributed by atoms with Crippen molar-refractivity contribution in [3.05, 3.63) is 109 Å². The number of hydrogen-bond donors (Lipinski definition) is 2. The Balaban J connectivity index is 1.56. The number of para-hydroxylation sites is 2. The van der Waals surface area contributed by atoms with Crippen LogP contribution in [0.25, 0.3) is 22.3 Å². The first-order valence-electron chi connectivity index (χ1n) is 12.0. The summed E-state index contributed by atoms with van der Waals surface area (Å²) in [5.41, 5.74) is 2.83. The fraction of sp³-hybridized carbons (Fsp3) is 0. The van der Waals surface area contributed by atoms with E-state index >= 15 is 9.13 Å². The van der Waals surface area contributed by atoms with Gasteiger partial charge in [0.15, 0.2) is 0 Å². The summed E-state index contributed by atoms with van der Waals surface area (Å²) in [5.74, 6) is -0.107.